The number of nitrogens with one attached hydrogen (secondary N) is 1. The van der Waals surface area contributed by atoms with Gasteiger partial charge >= 0.3 is 0 Å². The van der Waals surface area contributed by atoms with E-state index in [2.05, 4.69) is 15.3 Å². The number of anilines is 1. The number of amides is 1. The summed E-state index contributed by atoms with van der Waals surface area (Å²) in [5.41, 5.74) is 4.96. The highest BCUT2D eigenvalue weighted by atomic mass is 16.5. The SMILES string of the molecule is Cc1ccc(NC(=O)/C=C/c2cnc3ccccc3n2)c(OCc2ccccc2)c1. The van der Waals surface area contributed by atoms with Gasteiger partial charge in [-0.25, -0.2) is 4.98 Å². The second-order valence-corrected chi connectivity index (χ2v) is 6.88. The lowest BCUT2D eigenvalue weighted by Gasteiger charge is -2.13. The van der Waals surface area contributed by atoms with Crippen molar-refractivity contribution >= 4 is 28.7 Å². The fraction of sp³-hybridized carbons (Fsp3) is 0.0800. The summed E-state index contributed by atoms with van der Waals surface area (Å²) in [6, 6.07) is 23.2. The van der Waals surface area contributed by atoms with Gasteiger partial charge in [-0.3, -0.25) is 9.78 Å². The Morgan fingerprint density at radius 3 is 2.60 bits per heavy atom. The molecule has 0 atom stereocenters. The largest absolute Gasteiger partial charge is 0.487 e. The first-order valence-corrected chi connectivity index (χ1v) is 9.65. The second-order valence-electron chi connectivity index (χ2n) is 6.88. The maximum atomic E-state index is 12.5. The first kappa shape index (κ1) is 19.3. The van der Waals surface area contributed by atoms with E-state index in [-0.39, 0.29) is 5.91 Å². The molecule has 0 unspecified atom stereocenters. The zero-order valence-electron chi connectivity index (χ0n) is 16.6. The number of aromatic nitrogens is 2. The number of ether oxygens (including phenoxy) is 1. The maximum Gasteiger partial charge on any atom is 0.248 e. The van der Waals surface area contributed by atoms with E-state index in [4.69, 9.17) is 4.74 Å². The van der Waals surface area contributed by atoms with Gasteiger partial charge in [0.2, 0.25) is 5.91 Å². The molecule has 4 rings (SSSR count). The summed E-state index contributed by atoms with van der Waals surface area (Å²) in [5, 5.41) is 2.88. The first-order valence-electron chi connectivity index (χ1n) is 9.65. The Balaban J connectivity index is 1.46. The van der Waals surface area contributed by atoms with Crippen LogP contribution in [0.25, 0.3) is 17.1 Å². The third kappa shape index (κ3) is 4.89. The third-order valence-corrected chi connectivity index (χ3v) is 4.50. The molecular formula is C25H21N3O2. The third-order valence-electron chi connectivity index (χ3n) is 4.50. The van der Waals surface area contributed by atoms with E-state index in [0.29, 0.717) is 23.7 Å². The molecule has 0 fully saturated rings. The highest BCUT2D eigenvalue weighted by Gasteiger charge is 2.07. The summed E-state index contributed by atoms with van der Waals surface area (Å²) in [7, 11) is 0. The van der Waals surface area contributed by atoms with Gasteiger partial charge in [0.05, 0.1) is 28.6 Å². The highest BCUT2D eigenvalue weighted by Crippen LogP contribution is 2.27. The summed E-state index contributed by atoms with van der Waals surface area (Å²) >= 11 is 0. The van der Waals surface area contributed by atoms with E-state index >= 15 is 0 Å². The van der Waals surface area contributed by atoms with Gasteiger partial charge in [0.1, 0.15) is 12.4 Å². The predicted molar refractivity (Wildman–Crippen MR) is 119 cm³/mol. The molecule has 0 radical (unpaired) electrons. The average Bonchev–Trinajstić information content (AvgIpc) is 2.78. The van der Waals surface area contributed by atoms with E-state index < -0.39 is 0 Å². The molecular weight excluding hydrogens is 374 g/mol. The van der Waals surface area contributed by atoms with Crippen LogP contribution in [0, 0.1) is 6.92 Å². The summed E-state index contributed by atoms with van der Waals surface area (Å²) in [6.07, 6.45) is 4.74. The van der Waals surface area contributed by atoms with Crippen molar-refractivity contribution in [3.05, 3.63) is 102 Å². The molecule has 1 amide bonds. The van der Waals surface area contributed by atoms with Gasteiger partial charge in [0.25, 0.3) is 0 Å². The number of rotatable bonds is 6. The quantitative estimate of drug-likeness (QED) is 0.458. The molecule has 148 valence electrons. The number of carbonyl (C=O) groups excluding carboxylic acids is 1. The molecule has 1 N–H and O–H groups in total. The topological polar surface area (TPSA) is 64.1 Å². The van der Waals surface area contributed by atoms with Crippen LogP contribution in [0.4, 0.5) is 5.69 Å². The molecule has 4 aromatic rings. The number of benzene rings is 3. The van der Waals surface area contributed by atoms with Crippen molar-refractivity contribution in [2.75, 3.05) is 5.32 Å². The van der Waals surface area contributed by atoms with Gasteiger partial charge in [-0.1, -0.05) is 48.5 Å². The molecule has 1 heterocycles. The van der Waals surface area contributed by atoms with Crippen molar-refractivity contribution in [3.63, 3.8) is 0 Å². The van der Waals surface area contributed by atoms with Crippen LogP contribution in [-0.2, 0) is 11.4 Å². The van der Waals surface area contributed by atoms with Crippen LogP contribution >= 0.6 is 0 Å². The van der Waals surface area contributed by atoms with Gasteiger partial charge < -0.3 is 10.1 Å². The Morgan fingerprint density at radius 2 is 1.77 bits per heavy atom. The maximum absolute atomic E-state index is 12.5. The fourth-order valence-electron chi connectivity index (χ4n) is 2.97. The minimum Gasteiger partial charge on any atom is -0.487 e. The Kier molecular flexibility index (Phi) is 5.80. The number of hydrogen-bond donors (Lipinski definition) is 1. The Hall–Kier alpha value is -3.99. The van der Waals surface area contributed by atoms with Gasteiger partial charge in [-0.05, 0) is 48.4 Å². The van der Waals surface area contributed by atoms with Crippen LogP contribution in [0.3, 0.4) is 0 Å². The lowest BCUT2D eigenvalue weighted by atomic mass is 10.2. The number of para-hydroxylation sites is 2. The zero-order chi connectivity index (χ0) is 20.8. The minimum absolute atomic E-state index is 0.265. The van der Waals surface area contributed by atoms with Crippen molar-refractivity contribution in [1.29, 1.82) is 0 Å². The Labute approximate surface area is 175 Å². The van der Waals surface area contributed by atoms with Crippen LogP contribution < -0.4 is 10.1 Å². The summed E-state index contributed by atoms with van der Waals surface area (Å²) in [5.74, 6) is 0.365. The molecule has 1 aromatic heterocycles. The zero-order valence-corrected chi connectivity index (χ0v) is 16.6. The number of hydrogen-bond acceptors (Lipinski definition) is 4. The molecule has 0 aliphatic heterocycles. The number of aryl methyl sites for hydroxylation is 1. The van der Waals surface area contributed by atoms with E-state index in [0.717, 1.165) is 22.2 Å². The van der Waals surface area contributed by atoms with Gasteiger partial charge in [0.15, 0.2) is 0 Å². The Morgan fingerprint density at radius 1 is 1.00 bits per heavy atom. The molecule has 0 aliphatic rings. The molecule has 0 bridgehead atoms. The van der Waals surface area contributed by atoms with Crippen molar-refractivity contribution in [2.24, 2.45) is 0 Å². The lowest BCUT2D eigenvalue weighted by Crippen LogP contribution is -2.09. The van der Waals surface area contributed by atoms with Crippen LogP contribution in [0.2, 0.25) is 0 Å². The monoisotopic (exact) mass is 395 g/mol. The van der Waals surface area contributed by atoms with Crippen LogP contribution in [-0.4, -0.2) is 15.9 Å². The molecule has 0 aliphatic carbocycles. The minimum atomic E-state index is -0.265. The summed E-state index contributed by atoms with van der Waals surface area (Å²) in [4.78, 5) is 21.3. The predicted octanol–water partition coefficient (Wildman–Crippen LogP) is 5.17. The molecule has 5 heteroatoms. The van der Waals surface area contributed by atoms with E-state index in [9.17, 15) is 4.79 Å². The number of nitrogens with zero attached hydrogens (tertiary/aromatic N) is 2. The normalized spacial score (nSPS) is 11.0. The van der Waals surface area contributed by atoms with Crippen molar-refractivity contribution in [2.45, 2.75) is 13.5 Å². The average molecular weight is 395 g/mol. The van der Waals surface area contributed by atoms with Crippen molar-refractivity contribution in [3.8, 4) is 5.75 Å². The van der Waals surface area contributed by atoms with Crippen molar-refractivity contribution in [1.82, 2.24) is 9.97 Å². The molecule has 5 nitrogen and oxygen atoms in total. The molecule has 3 aromatic carbocycles. The number of carbonyl (C=O) groups is 1. The van der Waals surface area contributed by atoms with Crippen LogP contribution in [0.1, 0.15) is 16.8 Å². The van der Waals surface area contributed by atoms with Crippen LogP contribution in [0.5, 0.6) is 5.75 Å². The van der Waals surface area contributed by atoms with Gasteiger partial charge in [0, 0.05) is 6.08 Å². The standard InChI is InChI=1S/C25H21N3O2/c1-18-11-13-23(24(15-18)30-17-19-7-3-2-4-8-19)28-25(29)14-12-20-16-26-21-9-5-6-10-22(21)27-20/h2-16H,17H2,1H3,(H,28,29)/b14-12+. The Bertz CT molecular complexity index is 1200. The number of fused-ring (bicyclic) bond motifs is 1. The molecule has 0 spiro atoms. The van der Waals surface area contributed by atoms with E-state index in [1.54, 1.807) is 12.3 Å². The van der Waals surface area contributed by atoms with Gasteiger partial charge in [-0.15, -0.1) is 0 Å². The smallest absolute Gasteiger partial charge is 0.248 e. The summed E-state index contributed by atoms with van der Waals surface area (Å²) in [6.45, 7) is 2.41. The second kappa shape index (κ2) is 9.01. The van der Waals surface area contributed by atoms with Crippen molar-refractivity contribution < 1.29 is 9.53 Å². The van der Waals surface area contributed by atoms with Gasteiger partial charge in [-0.2, -0.15) is 0 Å². The highest BCUT2D eigenvalue weighted by molar-refractivity contribution is 6.02. The summed E-state index contributed by atoms with van der Waals surface area (Å²) < 4.78 is 5.95. The lowest BCUT2D eigenvalue weighted by molar-refractivity contribution is -0.111. The van der Waals surface area contributed by atoms with E-state index in [1.807, 2.05) is 79.7 Å². The van der Waals surface area contributed by atoms with E-state index in [1.165, 1.54) is 6.08 Å². The fourth-order valence-corrected chi connectivity index (χ4v) is 2.97. The molecule has 0 saturated carbocycles. The van der Waals surface area contributed by atoms with Crippen LogP contribution in [0.15, 0.2) is 85.1 Å². The molecule has 30 heavy (non-hydrogen) atoms. The first-order chi connectivity index (χ1) is 14.7. The molecule has 0 saturated heterocycles.